The van der Waals surface area contributed by atoms with Crippen LogP contribution in [0.15, 0.2) is 48.5 Å². The minimum absolute atomic E-state index is 0.178. The Kier molecular flexibility index (Phi) is 5.37. The Morgan fingerprint density at radius 2 is 1.96 bits per heavy atom. The second-order valence-electron chi connectivity index (χ2n) is 6.18. The van der Waals surface area contributed by atoms with Crippen molar-refractivity contribution in [2.24, 2.45) is 0 Å². The number of benzene rings is 2. The van der Waals surface area contributed by atoms with E-state index in [-0.39, 0.29) is 12.5 Å². The fourth-order valence-corrected chi connectivity index (χ4v) is 2.90. The molecule has 0 unspecified atom stereocenters. The van der Waals surface area contributed by atoms with Gasteiger partial charge in [-0.05, 0) is 49.4 Å². The van der Waals surface area contributed by atoms with E-state index < -0.39 is 11.7 Å². The fourth-order valence-electron chi connectivity index (χ4n) is 2.72. The number of pyridine rings is 1. The third-order valence-corrected chi connectivity index (χ3v) is 4.27. The first-order valence-electron chi connectivity index (χ1n) is 8.21. The molecule has 0 radical (unpaired) electrons. The van der Waals surface area contributed by atoms with Crippen LogP contribution >= 0.6 is 11.6 Å². The van der Waals surface area contributed by atoms with Crippen LogP contribution in [-0.2, 0) is 4.79 Å². The average molecular weight is 386 g/mol. The molecule has 0 bridgehead atoms. The van der Waals surface area contributed by atoms with Crippen LogP contribution < -0.4 is 5.32 Å². The summed E-state index contributed by atoms with van der Waals surface area (Å²) in [6.07, 6.45) is 0. The zero-order valence-electron chi connectivity index (χ0n) is 14.8. The van der Waals surface area contributed by atoms with Crippen molar-refractivity contribution >= 4 is 40.0 Å². The maximum Gasteiger partial charge on any atom is 0.255 e. The Morgan fingerprint density at radius 1 is 1.19 bits per heavy atom. The highest BCUT2D eigenvalue weighted by molar-refractivity contribution is 6.31. The summed E-state index contributed by atoms with van der Waals surface area (Å²) in [5.41, 5.74) is 2.03. The lowest BCUT2D eigenvalue weighted by Gasteiger charge is -2.18. The lowest BCUT2D eigenvalue weighted by molar-refractivity contribution is -0.116. The molecule has 1 aromatic heterocycles. The summed E-state index contributed by atoms with van der Waals surface area (Å²) in [4.78, 5) is 30.6. The van der Waals surface area contributed by atoms with Gasteiger partial charge in [0.15, 0.2) is 0 Å². The van der Waals surface area contributed by atoms with Gasteiger partial charge in [-0.2, -0.15) is 0 Å². The number of nitrogens with one attached hydrogen (secondary N) is 1. The Balaban J connectivity index is 1.75. The van der Waals surface area contributed by atoms with Crippen molar-refractivity contribution in [1.29, 1.82) is 0 Å². The minimum Gasteiger partial charge on any atom is -0.332 e. The third kappa shape index (κ3) is 4.41. The van der Waals surface area contributed by atoms with Crippen molar-refractivity contribution in [2.45, 2.75) is 6.92 Å². The van der Waals surface area contributed by atoms with Gasteiger partial charge in [-0.3, -0.25) is 14.6 Å². The summed E-state index contributed by atoms with van der Waals surface area (Å²) < 4.78 is 13.2. The lowest BCUT2D eigenvalue weighted by atomic mass is 10.1. The molecule has 5 nitrogen and oxygen atoms in total. The number of carbonyl (C=O) groups is 2. The number of anilines is 1. The number of amides is 2. The number of aryl methyl sites for hydroxylation is 1. The highest BCUT2D eigenvalue weighted by Gasteiger charge is 2.18. The highest BCUT2D eigenvalue weighted by Crippen LogP contribution is 2.21. The maximum atomic E-state index is 13.2. The molecule has 0 aliphatic carbocycles. The zero-order valence-corrected chi connectivity index (χ0v) is 15.5. The van der Waals surface area contributed by atoms with Gasteiger partial charge >= 0.3 is 0 Å². The number of hydrogen-bond acceptors (Lipinski definition) is 3. The molecule has 2 aromatic carbocycles. The van der Waals surface area contributed by atoms with E-state index in [4.69, 9.17) is 11.6 Å². The topological polar surface area (TPSA) is 62.3 Å². The molecule has 7 heteroatoms. The molecule has 0 aliphatic heterocycles. The standard InChI is InChI=1S/C20H17ClFN3O2/c1-12-17(9-13-8-14(21)6-7-18(13)23-12)20(27)25(2)11-19(26)24-16-5-3-4-15(22)10-16/h3-10H,11H2,1-2H3,(H,24,26). The Bertz CT molecular complexity index is 1040. The predicted octanol–water partition coefficient (Wildman–Crippen LogP) is 4.05. The molecule has 0 saturated heterocycles. The van der Waals surface area contributed by atoms with Gasteiger partial charge < -0.3 is 10.2 Å². The predicted molar refractivity (Wildman–Crippen MR) is 103 cm³/mol. The van der Waals surface area contributed by atoms with E-state index in [1.54, 1.807) is 37.3 Å². The van der Waals surface area contributed by atoms with Gasteiger partial charge in [-0.1, -0.05) is 17.7 Å². The second-order valence-corrected chi connectivity index (χ2v) is 6.61. The minimum atomic E-state index is -0.450. The summed E-state index contributed by atoms with van der Waals surface area (Å²) >= 11 is 6.01. The van der Waals surface area contributed by atoms with Gasteiger partial charge in [0.25, 0.3) is 5.91 Å². The van der Waals surface area contributed by atoms with Gasteiger partial charge in [0.2, 0.25) is 5.91 Å². The largest absolute Gasteiger partial charge is 0.332 e. The number of halogens is 2. The molecular formula is C20H17ClFN3O2. The van der Waals surface area contributed by atoms with Gasteiger partial charge in [0.05, 0.1) is 23.3 Å². The van der Waals surface area contributed by atoms with Gasteiger partial charge in [-0.25, -0.2) is 4.39 Å². The summed E-state index contributed by atoms with van der Waals surface area (Å²) in [6.45, 7) is 1.56. The molecule has 0 saturated carbocycles. The molecule has 0 aliphatic rings. The number of hydrogen-bond donors (Lipinski definition) is 1. The summed E-state index contributed by atoms with van der Waals surface area (Å²) in [5, 5.41) is 3.86. The van der Waals surface area contributed by atoms with E-state index in [1.807, 2.05) is 0 Å². The first-order chi connectivity index (χ1) is 12.8. The molecule has 1 N–H and O–H groups in total. The number of carbonyl (C=O) groups excluding carboxylic acids is 2. The molecule has 138 valence electrons. The van der Waals surface area contributed by atoms with Gasteiger partial charge in [0.1, 0.15) is 5.82 Å². The molecule has 0 spiro atoms. The van der Waals surface area contributed by atoms with Crippen LogP contribution in [0, 0.1) is 12.7 Å². The number of likely N-dealkylation sites (N-methyl/N-ethyl adjacent to an activating group) is 1. The van der Waals surface area contributed by atoms with Crippen LogP contribution in [0.4, 0.5) is 10.1 Å². The normalized spacial score (nSPS) is 10.7. The summed E-state index contributed by atoms with van der Waals surface area (Å²) in [5.74, 6) is -1.21. The van der Waals surface area contributed by atoms with Crippen LogP contribution in [0.5, 0.6) is 0 Å². The first kappa shape index (κ1) is 18.8. The summed E-state index contributed by atoms with van der Waals surface area (Å²) in [6, 6.07) is 12.5. The van der Waals surface area contributed by atoms with Crippen LogP contribution in [0.3, 0.4) is 0 Å². The van der Waals surface area contributed by atoms with Crippen LogP contribution in [0.1, 0.15) is 16.1 Å². The van der Waals surface area contributed by atoms with Crippen LogP contribution in [0.2, 0.25) is 5.02 Å². The molecule has 3 aromatic rings. The Morgan fingerprint density at radius 3 is 2.70 bits per heavy atom. The van der Waals surface area contributed by atoms with Crippen molar-refractivity contribution in [3.05, 3.63) is 70.6 Å². The zero-order chi connectivity index (χ0) is 19.6. The monoisotopic (exact) mass is 385 g/mol. The maximum absolute atomic E-state index is 13.2. The van der Waals surface area contributed by atoms with Crippen molar-refractivity contribution in [3.63, 3.8) is 0 Å². The fraction of sp³-hybridized carbons (Fsp3) is 0.150. The van der Waals surface area contributed by atoms with E-state index in [0.29, 0.717) is 22.0 Å². The SMILES string of the molecule is Cc1nc2ccc(Cl)cc2cc1C(=O)N(C)CC(=O)Nc1cccc(F)c1. The van der Waals surface area contributed by atoms with Crippen molar-refractivity contribution in [3.8, 4) is 0 Å². The Labute approximate surface area is 160 Å². The van der Waals surface area contributed by atoms with E-state index in [2.05, 4.69) is 10.3 Å². The van der Waals surface area contributed by atoms with Crippen molar-refractivity contribution < 1.29 is 14.0 Å². The first-order valence-corrected chi connectivity index (χ1v) is 8.59. The quantitative estimate of drug-likeness (QED) is 0.737. The molecule has 2 amide bonds. The number of aromatic nitrogens is 1. The van der Waals surface area contributed by atoms with Gasteiger partial charge in [-0.15, -0.1) is 0 Å². The van der Waals surface area contributed by atoms with Crippen molar-refractivity contribution in [1.82, 2.24) is 9.88 Å². The number of nitrogens with zero attached hydrogens (tertiary/aromatic N) is 2. The molecule has 0 atom stereocenters. The van der Waals surface area contributed by atoms with Crippen molar-refractivity contribution in [2.75, 3.05) is 18.9 Å². The molecule has 27 heavy (non-hydrogen) atoms. The molecular weight excluding hydrogens is 369 g/mol. The summed E-state index contributed by atoms with van der Waals surface area (Å²) in [7, 11) is 1.52. The van der Waals surface area contributed by atoms with Crippen LogP contribution in [0.25, 0.3) is 10.9 Å². The number of fused-ring (bicyclic) bond motifs is 1. The number of rotatable bonds is 4. The average Bonchev–Trinajstić information content (AvgIpc) is 2.60. The smallest absolute Gasteiger partial charge is 0.255 e. The molecule has 0 fully saturated rings. The lowest BCUT2D eigenvalue weighted by Crippen LogP contribution is -2.35. The van der Waals surface area contributed by atoms with E-state index >= 15 is 0 Å². The third-order valence-electron chi connectivity index (χ3n) is 4.03. The van der Waals surface area contributed by atoms with E-state index in [1.165, 1.54) is 30.1 Å². The van der Waals surface area contributed by atoms with Crippen LogP contribution in [-0.4, -0.2) is 35.3 Å². The molecule has 3 rings (SSSR count). The van der Waals surface area contributed by atoms with Gasteiger partial charge in [0, 0.05) is 23.1 Å². The highest BCUT2D eigenvalue weighted by atomic mass is 35.5. The van der Waals surface area contributed by atoms with E-state index in [0.717, 1.165) is 10.9 Å². The Hall–Kier alpha value is -2.99. The second kappa shape index (κ2) is 7.72. The molecule has 1 heterocycles. The van der Waals surface area contributed by atoms with E-state index in [9.17, 15) is 14.0 Å².